The molecule has 0 aromatic heterocycles. The van der Waals surface area contributed by atoms with Crippen molar-refractivity contribution >= 4 is 5.69 Å². The highest BCUT2D eigenvalue weighted by atomic mass is 15.2. The van der Waals surface area contributed by atoms with E-state index in [1.165, 1.54) is 13.1 Å². The van der Waals surface area contributed by atoms with Crippen molar-refractivity contribution in [2.45, 2.75) is 0 Å². The first-order valence-electron chi connectivity index (χ1n) is 5.27. The largest absolute Gasteiger partial charge is 0.385 e. The summed E-state index contributed by atoms with van der Waals surface area (Å²) >= 11 is 0. The second-order valence-electron chi connectivity index (χ2n) is 4.19. The predicted molar refractivity (Wildman–Crippen MR) is 63.9 cm³/mol. The fraction of sp³-hybridized carbons (Fsp3) is 0.385. The lowest BCUT2D eigenvalue weighted by molar-refractivity contribution is 0.144. The molecule has 0 bridgehead atoms. The van der Waals surface area contributed by atoms with E-state index >= 15 is 0 Å². The van der Waals surface area contributed by atoms with Crippen molar-refractivity contribution in [2.75, 3.05) is 32.0 Å². The first kappa shape index (κ1) is 10.1. The lowest BCUT2D eigenvalue weighted by Crippen LogP contribution is -2.46. The van der Waals surface area contributed by atoms with E-state index in [0.29, 0.717) is 0 Å². The van der Waals surface area contributed by atoms with Gasteiger partial charge in [0.2, 0.25) is 0 Å². The summed E-state index contributed by atoms with van der Waals surface area (Å²) in [5.41, 5.74) is 2.06. The Labute approximate surface area is 91.3 Å². The van der Waals surface area contributed by atoms with Crippen molar-refractivity contribution in [1.29, 1.82) is 0 Å². The summed E-state index contributed by atoms with van der Waals surface area (Å²) in [5, 5.41) is 3.42. The minimum atomic E-state index is 0.782. The summed E-state index contributed by atoms with van der Waals surface area (Å²) in [6, 6.07) is 8.01. The molecule has 78 valence electrons. The van der Waals surface area contributed by atoms with Gasteiger partial charge in [-0.25, -0.2) is 0 Å². The molecule has 2 rings (SSSR count). The molecule has 1 aromatic carbocycles. The average molecular weight is 200 g/mol. The fourth-order valence-corrected chi connectivity index (χ4v) is 1.94. The Hall–Kier alpha value is -1.46. The lowest BCUT2D eigenvalue weighted by Gasteiger charge is -2.36. The van der Waals surface area contributed by atoms with E-state index in [2.05, 4.69) is 29.3 Å². The van der Waals surface area contributed by atoms with Crippen molar-refractivity contribution in [3.63, 3.8) is 0 Å². The van der Waals surface area contributed by atoms with Gasteiger partial charge in [-0.15, -0.1) is 6.42 Å². The van der Waals surface area contributed by atoms with Crippen LogP contribution >= 0.6 is 0 Å². The molecule has 15 heavy (non-hydrogen) atoms. The number of nitrogens with zero attached hydrogens (tertiary/aromatic N) is 1. The number of hydrogen-bond donors (Lipinski definition) is 1. The van der Waals surface area contributed by atoms with Gasteiger partial charge in [-0.2, -0.15) is 0 Å². The van der Waals surface area contributed by atoms with Crippen LogP contribution in [0.4, 0.5) is 5.69 Å². The van der Waals surface area contributed by atoms with Crippen molar-refractivity contribution in [3.8, 4) is 12.3 Å². The normalized spacial score (nSPS) is 16.8. The highest BCUT2D eigenvalue weighted by Crippen LogP contribution is 2.15. The molecule has 1 saturated heterocycles. The van der Waals surface area contributed by atoms with E-state index in [-0.39, 0.29) is 0 Å². The first-order chi connectivity index (χ1) is 7.28. The van der Waals surface area contributed by atoms with E-state index in [4.69, 9.17) is 6.42 Å². The van der Waals surface area contributed by atoms with Crippen LogP contribution in [0.15, 0.2) is 24.3 Å². The van der Waals surface area contributed by atoms with Crippen molar-refractivity contribution < 1.29 is 0 Å². The van der Waals surface area contributed by atoms with Gasteiger partial charge in [0.15, 0.2) is 0 Å². The molecular weight excluding hydrogens is 184 g/mol. The maximum absolute atomic E-state index is 5.35. The summed E-state index contributed by atoms with van der Waals surface area (Å²) in [7, 11) is 2.15. The Bertz CT molecular complexity index is 372. The standard InChI is InChI=1S/C13H16N2/c1-3-11-5-4-6-13(7-11)14-8-12-9-15(2)10-12/h1,4-7,12,14H,8-10H2,2H3. The molecule has 0 radical (unpaired) electrons. The van der Waals surface area contributed by atoms with Gasteiger partial charge in [0.05, 0.1) is 0 Å². The van der Waals surface area contributed by atoms with Crippen LogP contribution in [0.2, 0.25) is 0 Å². The molecule has 0 spiro atoms. The number of anilines is 1. The van der Waals surface area contributed by atoms with Crippen LogP contribution in [-0.2, 0) is 0 Å². The Kier molecular flexibility index (Phi) is 2.94. The molecule has 1 aliphatic rings. The molecule has 1 N–H and O–H groups in total. The summed E-state index contributed by atoms with van der Waals surface area (Å²) in [6.45, 7) is 3.43. The van der Waals surface area contributed by atoms with E-state index in [9.17, 15) is 0 Å². The quantitative estimate of drug-likeness (QED) is 0.746. The number of rotatable bonds is 3. The van der Waals surface area contributed by atoms with E-state index in [0.717, 1.165) is 23.7 Å². The second kappa shape index (κ2) is 4.37. The Balaban J connectivity index is 1.86. The SMILES string of the molecule is C#Cc1cccc(NCC2CN(C)C2)c1. The van der Waals surface area contributed by atoms with E-state index in [1.807, 2.05) is 18.2 Å². The van der Waals surface area contributed by atoms with Gasteiger partial charge < -0.3 is 10.2 Å². The van der Waals surface area contributed by atoms with Gasteiger partial charge in [0.1, 0.15) is 0 Å². The highest BCUT2D eigenvalue weighted by Gasteiger charge is 2.22. The third-order valence-electron chi connectivity index (χ3n) is 2.76. The summed E-state index contributed by atoms with van der Waals surface area (Å²) in [5.74, 6) is 3.42. The maximum atomic E-state index is 5.35. The second-order valence-corrected chi connectivity index (χ2v) is 4.19. The number of nitrogens with one attached hydrogen (secondary N) is 1. The Morgan fingerprint density at radius 1 is 1.53 bits per heavy atom. The van der Waals surface area contributed by atoms with Crippen LogP contribution in [0.3, 0.4) is 0 Å². The zero-order valence-electron chi connectivity index (χ0n) is 9.03. The molecule has 1 aliphatic heterocycles. The summed E-state index contributed by atoms with van der Waals surface area (Å²) in [6.07, 6.45) is 5.35. The van der Waals surface area contributed by atoms with Crippen LogP contribution in [0.5, 0.6) is 0 Å². The molecule has 1 aromatic rings. The molecule has 0 saturated carbocycles. The van der Waals surface area contributed by atoms with Crippen molar-refractivity contribution in [2.24, 2.45) is 5.92 Å². The zero-order valence-corrected chi connectivity index (χ0v) is 9.03. The summed E-state index contributed by atoms with van der Waals surface area (Å²) in [4.78, 5) is 2.32. The first-order valence-corrected chi connectivity index (χ1v) is 5.27. The van der Waals surface area contributed by atoms with Crippen molar-refractivity contribution in [3.05, 3.63) is 29.8 Å². The highest BCUT2D eigenvalue weighted by molar-refractivity contribution is 5.49. The van der Waals surface area contributed by atoms with Crippen LogP contribution in [0, 0.1) is 18.3 Å². The number of benzene rings is 1. The minimum Gasteiger partial charge on any atom is -0.385 e. The molecule has 1 heterocycles. The molecule has 0 unspecified atom stereocenters. The lowest BCUT2D eigenvalue weighted by atomic mass is 10.0. The van der Waals surface area contributed by atoms with Crippen LogP contribution < -0.4 is 5.32 Å². The van der Waals surface area contributed by atoms with Crippen molar-refractivity contribution in [1.82, 2.24) is 4.90 Å². The Morgan fingerprint density at radius 3 is 3.00 bits per heavy atom. The van der Waals surface area contributed by atoms with Gasteiger partial charge in [-0.3, -0.25) is 0 Å². The topological polar surface area (TPSA) is 15.3 Å². The maximum Gasteiger partial charge on any atom is 0.0352 e. The van der Waals surface area contributed by atoms with Gasteiger partial charge in [-0.1, -0.05) is 12.0 Å². The molecule has 0 amide bonds. The minimum absolute atomic E-state index is 0.782. The number of likely N-dealkylation sites (tertiary alicyclic amines) is 1. The fourth-order valence-electron chi connectivity index (χ4n) is 1.94. The number of hydrogen-bond acceptors (Lipinski definition) is 2. The van der Waals surface area contributed by atoms with E-state index < -0.39 is 0 Å². The van der Waals surface area contributed by atoms with Crippen LogP contribution in [-0.4, -0.2) is 31.6 Å². The molecule has 0 aliphatic carbocycles. The monoisotopic (exact) mass is 200 g/mol. The van der Waals surface area contributed by atoms with Gasteiger partial charge >= 0.3 is 0 Å². The van der Waals surface area contributed by atoms with E-state index in [1.54, 1.807) is 0 Å². The third-order valence-corrected chi connectivity index (χ3v) is 2.76. The molecule has 0 atom stereocenters. The molecular formula is C13H16N2. The molecule has 2 heteroatoms. The molecule has 1 fully saturated rings. The van der Waals surface area contributed by atoms with Gasteiger partial charge in [-0.05, 0) is 25.2 Å². The summed E-state index contributed by atoms with van der Waals surface area (Å²) < 4.78 is 0. The van der Waals surface area contributed by atoms with Gasteiger partial charge in [0.25, 0.3) is 0 Å². The zero-order chi connectivity index (χ0) is 10.7. The van der Waals surface area contributed by atoms with Gasteiger partial charge in [0, 0.05) is 36.8 Å². The van der Waals surface area contributed by atoms with Crippen LogP contribution in [0.1, 0.15) is 5.56 Å². The third kappa shape index (κ3) is 2.51. The smallest absolute Gasteiger partial charge is 0.0352 e. The van der Waals surface area contributed by atoms with Crippen LogP contribution in [0.25, 0.3) is 0 Å². The average Bonchev–Trinajstić information content (AvgIpc) is 2.23. The molecule has 2 nitrogen and oxygen atoms in total. The predicted octanol–water partition coefficient (Wildman–Crippen LogP) is 1.64. The number of terminal acetylenes is 1. The Morgan fingerprint density at radius 2 is 2.33 bits per heavy atom.